The molecule has 4 nitrogen and oxygen atoms in total. The summed E-state index contributed by atoms with van der Waals surface area (Å²) in [5.41, 5.74) is 10.9. The van der Waals surface area contributed by atoms with Crippen molar-refractivity contribution < 1.29 is 4.79 Å². The van der Waals surface area contributed by atoms with Crippen LogP contribution in [0.3, 0.4) is 0 Å². The van der Waals surface area contributed by atoms with Gasteiger partial charge < -0.3 is 16.0 Å². The molecule has 0 aliphatic carbocycles. The Labute approximate surface area is 145 Å². The maximum atomic E-state index is 11.6. The molecule has 4 heteroatoms. The third-order valence-electron chi connectivity index (χ3n) is 4.22. The molecule has 122 valence electrons. The molecular weight excluding hydrogens is 310 g/mol. The standard InChI is InChI=1S/C21H17N3O/c22-21(25)19-10-9-17(18-11-12-23-20(18)19)14-5-4-8-16(13-14)24-15-6-2-1-3-7-15/h1-13,23-24H,(H2,22,25). The zero-order valence-corrected chi connectivity index (χ0v) is 13.5. The molecule has 0 aliphatic rings. The fourth-order valence-corrected chi connectivity index (χ4v) is 3.07. The Hall–Kier alpha value is -3.53. The quantitative estimate of drug-likeness (QED) is 0.509. The lowest BCUT2D eigenvalue weighted by Crippen LogP contribution is -2.11. The van der Waals surface area contributed by atoms with Crippen LogP contribution in [0, 0.1) is 0 Å². The van der Waals surface area contributed by atoms with Gasteiger partial charge in [0.1, 0.15) is 0 Å². The van der Waals surface area contributed by atoms with E-state index in [1.807, 2.05) is 60.8 Å². The molecule has 4 aromatic rings. The summed E-state index contributed by atoms with van der Waals surface area (Å²) < 4.78 is 0. The van der Waals surface area contributed by atoms with Crippen LogP contribution in [0.25, 0.3) is 22.0 Å². The number of amides is 1. The Morgan fingerprint density at radius 2 is 1.68 bits per heavy atom. The van der Waals surface area contributed by atoms with Gasteiger partial charge in [0.05, 0.1) is 11.1 Å². The Balaban J connectivity index is 1.77. The lowest BCUT2D eigenvalue weighted by Gasteiger charge is -2.10. The minimum atomic E-state index is -0.432. The molecule has 0 unspecified atom stereocenters. The zero-order chi connectivity index (χ0) is 17.2. The topological polar surface area (TPSA) is 70.9 Å². The normalized spacial score (nSPS) is 10.7. The number of aromatic nitrogens is 1. The first-order chi connectivity index (χ1) is 12.2. The summed E-state index contributed by atoms with van der Waals surface area (Å²) in [6.45, 7) is 0. The number of anilines is 2. The van der Waals surface area contributed by atoms with Crippen LogP contribution < -0.4 is 11.1 Å². The molecule has 1 aromatic heterocycles. The molecule has 0 radical (unpaired) electrons. The average Bonchev–Trinajstić information content (AvgIpc) is 3.11. The zero-order valence-electron chi connectivity index (χ0n) is 13.5. The van der Waals surface area contributed by atoms with Crippen LogP contribution in [0.1, 0.15) is 10.4 Å². The first-order valence-corrected chi connectivity index (χ1v) is 8.05. The first-order valence-electron chi connectivity index (χ1n) is 8.05. The Bertz CT molecular complexity index is 1050. The molecule has 0 saturated heterocycles. The van der Waals surface area contributed by atoms with Crippen LogP contribution in [-0.2, 0) is 0 Å². The van der Waals surface area contributed by atoms with Crippen molar-refractivity contribution in [3.8, 4) is 11.1 Å². The monoisotopic (exact) mass is 327 g/mol. The molecule has 0 saturated carbocycles. The van der Waals surface area contributed by atoms with E-state index >= 15 is 0 Å². The van der Waals surface area contributed by atoms with Crippen molar-refractivity contribution >= 4 is 28.2 Å². The summed E-state index contributed by atoms with van der Waals surface area (Å²) in [6.07, 6.45) is 1.83. The fourth-order valence-electron chi connectivity index (χ4n) is 3.07. The number of primary amides is 1. The van der Waals surface area contributed by atoms with Crippen molar-refractivity contribution in [2.45, 2.75) is 0 Å². The second-order valence-electron chi connectivity index (χ2n) is 5.86. The highest BCUT2D eigenvalue weighted by atomic mass is 16.1. The highest BCUT2D eigenvalue weighted by Crippen LogP contribution is 2.32. The number of aromatic amines is 1. The minimum absolute atomic E-state index is 0.432. The van der Waals surface area contributed by atoms with Gasteiger partial charge in [-0.2, -0.15) is 0 Å². The molecule has 4 N–H and O–H groups in total. The number of fused-ring (bicyclic) bond motifs is 1. The molecule has 0 fully saturated rings. The smallest absolute Gasteiger partial charge is 0.250 e. The summed E-state index contributed by atoms with van der Waals surface area (Å²) >= 11 is 0. The van der Waals surface area contributed by atoms with Gasteiger partial charge in [-0.3, -0.25) is 4.79 Å². The van der Waals surface area contributed by atoms with Crippen LogP contribution in [0.4, 0.5) is 11.4 Å². The van der Waals surface area contributed by atoms with Gasteiger partial charge in [0, 0.05) is 23.0 Å². The van der Waals surface area contributed by atoms with E-state index in [1.54, 1.807) is 6.07 Å². The molecule has 25 heavy (non-hydrogen) atoms. The summed E-state index contributed by atoms with van der Waals surface area (Å²) in [4.78, 5) is 14.7. The molecule has 1 amide bonds. The lowest BCUT2D eigenvalue weighted by molar-refractivity contribution is 0.100. The van der Waals surface area contributed by atoms with E-state index in [4.69, 9.17) is 5.73 Å². The molecule has 0 atom stereocenters. The summed E-state index contributed by atoms with van der Waals surface area (Å²) in [5, 5.41) is 4.38. The third-order valence-corrected chi connectivity index (χ3v) is 4.22. The molecule has 3 aromatic carbocycles. The highest BCUT2D eigenvalue weighted by molar-refractivity contribution is 6.09. The lowest BCUT2D eigenvalue weighted by atomic mass is 9.98. The second-order valence-corrected chi connectivity index (χ2v) is 5.86. The first kappa shape index (κ1) is 15.0. The van der Waals surface area contributed by atoms with Gasteiger partial charge in [-0.25, -0.2) is 0 Å². The van der Waals surface area contributed by atoms with E-state index in [-0.39, 0.29) is 0 Å². The van der Waals surface area contributed by atoms with E-state index in [0.717, 1.165) is 33.4 Å². The Kier molecular flexibility index (Phi) is 3.71. The third kappa shape index (κ3) is 2.85. The Morgan fingerprint density at radius 3 is 2.48 bits per heavy atom. The van der Waals surface area contributed by atoms with Crippen molar-refractivity contribution in [3.63, 3.8) is 0 Å². The Morgan fingerprint density at radius 1 is 0.880 bits per heavy atom. The van der Waals surface area contributed by atoms with Gasteiger partial charge in [0.25, 0.3) is 5.91 Å². The highest BCUT2D eigenvalue weighted by Gasteiger charge is 2.12. The molecule has 0 aliphatic heterocycles. The van der Waals surface area contributed by atoms with Crippen LogP contribution in [0.15, 0.2) is 79.0 Å². The number of carbonyl (C=O) groups excluding carboxylic acids is 1. The van der Waals surface area contributed by atoms with Crippen LogP contribution in [-0.4, -0.2) is 10.9 Å². The number of hydrogen-bond donors (Lipinski definition) is 3. The van der Waals surface area contributed by atoms with Crippen LogP contribution >= 0.6 is 0 Å². The van der Waals surface area contributed by atoms with Crippen molar-refractivity contribution in [1.82, 2.24) is 4.98 Å². The van der Waals surface area contributed by atoms with E-state index in [0.29, 0.717) is 5.56 Å². The number of benzene rings is 3. The van der Waals surface area contributed by atoms with Crippen LogP contribution in [0.5, 0.6) is 0 Å². The number of hydrogen-bond acceptors (Lipinski definition) is 2. The molecule has 0 spiro atoms. The maximum Gasteiger partial charge on any atom is 0.250 e. The van der Waals surface area contributed by atoms with Gasteiger partial charge >= 0.3 is 0 Å². The summed E-state index contributed by atoms with van der Waals surface area (Å²) in [6, 6.07) is 23.9. The van der Waals surface area contributed by atoms with Crippen LogP contribution in [0.2, 0.25) is 0 Å². The van der Waals surface area contributed by atoms with Crippen molar-refractivity contribution in [2.75, 3.05) is 5.32 Å². The SMILES string of the molecule is NC(=O)c1ccc(-c2cccc(Nc3ccccc3)c2)c2cc[nH]c12. The summed E-state index contributed by atoms with van der Waals surface area (Å²) in [5.74, 6) is -0.432. The fraction of sp³-hybridized carbons (Fsp3) is 0. The van der Waals surface area contributed by atoms with E-state index < -0.39 is 5.91 Å². The minimum Gasteiger partial charge on any atom is -0.366 e. The van der Waals surface area contributed by atoms with E-state index in [9.17, 15) is 4.79 Å². The number of H-pyrrole nitrogens is 1. The largest absolute Gasteiger partial charge is 0.366 e. The molecule has 4 rings (SSSR count). The predicted molar refractivity (Wildman–Crippen MR) is 102 cm³/mol. The summed E-state index contributed by atoms with van der Waals surface area (Å²) in [7, 11) is 0. The van der Waals surface area contributed by atoms with Crippen molar-refractivity contribution in [2.24, 2.45) is 5.73 Å². The van der Waals surface area contributed by atoms with Gasteiger partial charge in [-0.1, -0.05) is 36.4 Å². The second kappa shape index (κ2) is 6.17. The number of rotatable bonds is 4. The molecule has 0 bridgehead atoms. The predicted octanol–water partition coefficient (Wildman–Crippen LogP) is 4.68. The average molecular weight is 327 g/mol. The van der Waals surface area contributed by atoms with Crippen molar-refractivity contribution in [3.05, 3.63) is 84.6 Å². The van der Waals surface area contributed by atoms with Gasteiger partial charge in [0.2, 0.25) is 0 Å². The van der Waals surface area contributed by atoms with Crippen molar-refractivity contribution in [1.29, 1.82) is 0 Å². The molecule has 1 heterocycles. The van der Waals surface area contributed by atoms with Gasteiger partial charge in [0.15, 0.2) is 0 Å². The maximum absolute atomic E-state index is 11.6. The van der Waals surface area contributed by atoms with Gasteiger partial charge in [-0.15, -0.1) is 0 Å². The number of nitrogens with one attached hydrogen (secondary N) is 2. The number of carbonyl (C=O) groups is 1. The number of para-hydroxylation sites is 1. The van der Waals surface area contributed by atoms with Gasteiger partial charge in [-0.05, 0) is 47.5 Å². The molecular formula is C21H17N3O. The number of nitrogens with two attached hydrogens (primary N) is 1. The van der Waals surface area contributed by atoms with E-state index in [2.05, 4.69) is 22.4 Å². The van der Waals surface area contributed by atoms with E-state index in [1.165, 1.54) is 0 Å².